The van der Waals surface area contributed by atoms with Crippen LogP contribution in [-0.4, -0.2) is 86.0 Å². The number of fused-ring (bicyclic) bond motifs is 1. The molecule has 1 aliphatic heterocycles. The van der Waals surface area contributed by atoms with E-state index in [1.165, 1.54) is 14.0 Å². The Balaban J connectivity index is 2.00. The number of alkyl halides is 3. The van der Waals surface area contributed by atoms with E-state index in [2.05, 4.69) is 10.1 Å². The molecular formula is C22H27B4F3N6O3. The lowest BCUT2D eigenvalue weighted by Gasteiger charge is -2.64. The molecule has 196 valence electrons. The lowest BCUT2D eigenvalue weighted by molar-refractivity contribution is -0.150. The van der Waals surface area contributed by atoms with E-state index in [0.717, 1.165) is 16.9 Å². The Kier molecular flexibility index (Phi) is 6.12. The van der Waals surface area contributed by atoms with Gasteiger partial charge in [0.15, 0.2) is 5.82 Å². The Hall–Kier alpha value is -3.57. The molecule has 3 aromatic rings. The number of ether oxygens (including phenoxy) is 1. The monoisotopic (exact) mass is 524 g/mol. The minimum atomic E-state index is -4.70. The number of halogens is 3. The van der Waals surface area contributed by atoms with Gasteiger partial charge in [0.05, 0.1) is 24.1 Å². The molecule has 2 aromatic heterocycles. The number of methoxy groups -OCH3 is 1. The van der Waals surface area contributed by atoms with E-state index in [9.17, 15) is 22.8 Å². The molecule has 2 N–H and O–H groups in total. The van der Waals surface area contributed by atoms with Crippen molar-refractivity contribution < 1.29 is 27.5 Å². The average molecular weight is 524 g/mol. The first-order valence-electron chi connectivity index (χ1n) is 11.9. The summed E-state index contributed by atoms with van der Waals surface area (Å²) in [5.41, 5.74) is 4.05. The van der Waals surface area contributed by atoms with Gasteiger partial charge in [0.1, 0.15) is 54.5 Å². The Morgan fingerprint density at radius 1 is 1.11 bits per heavy atom. The summed E-state index contributed by atoms with van der Waals surface area (Å²) >= 11 is 0. The summed E-state index contributed by atoms with van der Waals surface area (Å²) in [6.45, 7) is 4.77. The highest BCUT2D eigenvalue weighted by molar-refractivity contribution is 6.58. The molecule has 0 unspecified atom stereocenters. The molecule has 0 atom stereocenters. The largest absolute Gasteiger partial charge is 0.495 e. The van der Waals surface area contributed by atoms with Crippen LogP contribution >= 0.6 is 0 Å². The van der Waals surface area contributed by atoms with E-state index in [1.807, 2.05) is 31.4 Å². The standard InChI is InChI=1S/C22H27B4F3N6O3/c1-10(36)35-19(2,3)18(37)33(21(23,24)22(35,25)26)14-7-11(5-6-15(14)38-4)13-8-12(20(27,28)29)16-17(30)31-9-32-34(13)16/h5-9H,23-26H2,1-4H3,(H2,30,31,32). The summed E-state index contributed by atoms with van der Waals surface area (Å²) < 4.78 is 48.4. The van der Waals surface area contributed by atoms with Gasteiger partial charge in [-0.05, 0) is 48.8 Å². The summed E-state index contributed by atoms with van der Waals surface area (Å²) in [5.74, 6) is -0.593. The first-order chi connectivity index (χ1) is 17.4. The molecule has 1 aromatic carbocycles. The summed E-state index contributed by atoms with van der Waals surface area (Å²) in [5, 5.41) is 2.23. The number of piperazine rings is 1. The fourth-order valence-electron chi connectivity index (χ4n) is 5.58. The molecule has 1 fully saturated rings. The van der Waals surface area contributed by atoms with Gasteiger partial charge in [-0.25, -0.2) is 9.50 Å². The molecular weight excluding hydrogens is 497 g/mol. The number of carbonyl (C=O) groups is 2. The topological polar surface area (TPSA) is 106 Å². The highest BCUT2D eigenvalue weighted by atomic mass is 19.4. The smallest absolute Gasteiger partial charge is 0.418 e. The number of amides is 2. The number of benzene rings is 1. The van der Waals surface area contributed by atoms with Crippen molar-refractivity contribution in [3.8, 4) is 17.0 Å². The third-order valence-electron chi connectivity index (χ3n) is 7.82. The maximum absolute atomic E-state index is 14.1. The lowest BCUT2D eigenvalue weighted by atomic mass is 9.35. The Morgan fingerprint density at radius 2 is 1.74 bits per heavy atom. The van der Waals surface area contributed by atoms with Crippen LogP contribution in [0.15, 0.2) is 30.6 Å². The molecule has 0 saturated carbocycles. The van der Waals surface area contributed by atoms with Gasteiger partial charge in [-0.1, -0.05) is 0 Å². The number of hydrogen-bond donors (Lipinski definition) is 1. The Labute approximate surface area is 221 Å². The fraction of sp³-hybridized carbons (Fsp3) is 0.364. The van der Waals surface area contributed by atoms with Crippen molar-refractivity contribution in [1.29, 1.82) is 0 Å². The second kappa shape index (κ2) is 8.47. The number of rotatable bonds is 3. The van der Waals surface area contributed by atoms with Crippen molar-refractivity contribution in [3.63, 3.8) is 0 Å². The minimum absolute atomic E-state index is 0.108. The molecule has 9 nitrogen and oxygen atoms in total. The van der Waals surface area contributed by atoms with E-state index in [4.69, 9.17) is 10.5 Å². The van der Waals surface area contributed by atoms with Gasteiger partial charge in [0.25, 0.3) is 5.91 Å². The Morgan fingerprint density at radius 3 is 2.29 bits per heavy atom. The van der Waals surface area contributed by atoms with Gasteiger partial charge in [0.2, 0.25) is 5.91 Å². The third-order valence-corrected chi connectivity index (χ3v) is 7.82. The molecule has 1 saturated heterocycles. The highest BCUT2D eigenvalue weighted by Crippen LogP contribution is 2.46. The quantitative estimate of drug-likeness (QED) is 0.433. The summed E-state index contributed by atoms with van der Waals surface area (Å²) in [6, 6.07) is 5.72. The number of nitrogens with zero attached hydrogens (tertiary/aromatic N) is 5. The van der Waals surface area contributed by atoms with Crippen LogP contribution in [0, 0.1) is 0 Å². The van der Waals surface area contributed by atoms with Gasteiger partial charge in [-0.2, -0.15) is 18.3 Å². The van der Waals surface area contributed by atoms with Crippen molar-refractivity contribution in [2.45, 2.75) is 43.2 Å². The van der Waals surface area contributed by atoms with Crippen LogP contribution in [0.5, 0.6) is 5.75 Å². The van der Waals surface area contributed by atoms with Crippen molar-refractivity contribution in [2.75, 3.05) is 17.7 Å². The second-order valence-corrected chi connectivity index (χ2v) is 10.9. The normalized spacial score (nSPS) is 18.6. The summed E-state index contributed by atoms with van der Waals surface area (Å²) in [7, 11) is 8.87. The van der Waals surface area contributed by atoms with Gasteiger partial charge >= 0.3 is 6.18 Å². The number of aromatic nitrogens is 3. The maximum Gasteiger partial charge on any atom is 0.418 e. The van der Waals surface area contributed by atoms with Crippen molar-refractivity contribution >= 4 is 60.2 Å². The fourth-order valence-corrected chi connectivity index (χ4v) is 5.58. The molecule has 0 radical (unpaired) electrons. The van der Waals surface area contributed by atoms with Crippen LogP contribution < -0.4 is 15.4 Å². The van der Waals surface area contributed by atoms with Gasteiger partial charge < -0.3 is 20.3 Å². The molecule has 4 rings (SSSR count). The highest BCUT2D eigenvalue weighted by Gasteiger charge is 2.60. The molecule has 0 bridgehead atoms. The first kappa shape index (κ1) is 27.5. The van der Waals surface area contributed by atoms with Crippen molar-refractivity contribution in [3.05, 3.63) is 36.2 Å². The van der Waals surface area contributed by atoms with Crippen LogP contribution in [0.4, 0.5) is 24.7 Å². The number of nitrogens with two attached hydrogens (primary N) is 1. The lowest BCUT2D eigenvalue weighted by Crippen LogP contribution is -2.85. The van der Waals surface area contributed by atoms with Gasteiger partial charge in [-0.15, -0.1) is 0 Å². The molecule has 2 amide bonds. The minimum Gasteiger partial charge on any atom is -0.495 e. The van der Waals surface area contributed by atoms with Crippen LogP contribution in [-0.2, 0) is 15.8 Å². The Bertz CT molecular complexity index is 1470. The summed E-state index contributed by atoms with van der Waals surface area (Å²) in [6.07, 6.45) is -3.62. The van der Waals surface area contributed by atoms with Gasteiger partial charge in [-0.3, -0.25) is 9.59 Å². The van der Waals surface area contributed by atoms with E-state index in [1.54, 1.807) is 41.8 Å². The number of carbonyl (C=O) groups excluding carboxylic acids is 2. The molecule has 38 heavy (non-hydrogen) atoms. The van der Waals surface area contributed by atoms with E-state index in [-0.39, 0.29) is 28.8 Å². The van der Waals surface area contributed by atoms with E-state index in [0.29, 0.717) is 17.0 Å². The molecule has 0 aliphatic carbocycles. The second-order valence-electron chi connectivity index (χ2n) is 10.9. The molecule has 0 spiro atoms. The van der Waals surface area contributed by atoms with Crippen LogP contribution in [0.1, 0.15) is 26.3 Å². The van der Waals surface area contributed by atoms with Crippen LogP contribution in [0.25, 0.3) is 16.8 Å². The zero-order valence-electron chi connectivity index (χ0n) is 22.6. The number of nitrogen functional groups attached to an aromatic ring is 1. The number of anilines is 2. The van der Waals surface area contributed by atoms with Gasteiger partial charge in [0, 0.05) is 12.5 Å². The van der Waals surface area contributed by atoms with E-state index < -0.39 is 28.0 Å². The predicted octanol–water partition coefficient (Wildman–Crippen LogP) is -1.18. The summed E-state index contributed by atoms with van der Waals surface area (Å²) in [4.78, 5) is 33.6. The average Bonchev–Trinajstić information content (AvgIpc) is 3.19. The predicted molar refractivity (Wildman–Crippen MR) is 148 cm³/mol. The number of hydrogen-bond acceptors (Lipinski definition) is 6. The molecule has 1 aliphatic rings. The van der Waals surface area contributed by atoms with Crippen molar-refractivity contribution in [1.82, 2.24) is 19.5 Å². The van der Waals surface area contributed by atoms with Crippen LogP contribution in [0.2, 0.25) is 0 Å². The maximum atomic E-state index is 14.1. The molecule has 3 heterocycles. The molecule has 16 heteroatoms. The first-order valence-corrected chi connectivity index (χ1v) is 11.9. The zero-order valence-corrected chi connectivity index (χ0v) is 22.6. The van der Waals surface area contributed by atoms with E-state index >= 15 is 0 Å². The van der Waals surface area contributed by atoms with Crippen LogP contribution in [0.3, 0.4) is 0 Å². The van der Waals surface area contributed by atoms with Crippen molar-refractivity contribution in [2.24, 2.45) is 0 Å². The third kappa shape index (κ3) is 3.75. The zero-order chi connectivity index (χ0) is 28.6. The SMILES string of the molecule is BC1(B)N(c2cc(-c3cc(C(F)(F)F)c4c(N)ncnn34)ccc2OC)C(=O)C(C)(C)N(C(C)=O)C1(B)B.